The number of rotatable bonds is 4. The molecule has 3 rings (SSSR count). The molecular weight excluding hydrogens is 350 g/mol. The Morgan fingerprint density at radius 2 is 1.62 bits per heavy atom. The molecule has 0 amide bonds. The van der Waals surface area contributed by atoms with Crippen LogP contribution in [0.1, 0.15) is 5.69 Å². The van der Waals surface area contributed by atoms with Crippen LogP contribution in [0.3, 0.4) is 0 Å². The van der Waals surface area contributed by atoms with Gasteiger partial charge in [-0.3, -0.25) is 4.68 Å². The van der Waals surface area contributed by atoms with Crippen LogP contribution in [0.5, 0.6) is 5.75 Å². The molecule has 0 radical (unpaired) electrons. The Hall–Kier alpha value is -3.03. The van der Waals surface area contributed by atoms with Crippen molar-refractivity contribution in [3.63, 3.8) is 0 Å². The predicted octanol–water partition coefficient (Wildman–Crippen LogP) is 4.70. The van der Waals surface area contributed by atoms with Crippen molar-refractivity contribution in [2.24, 2.45) is 7.05 Å². The standard InChI is InChI=1S/C18H15F4N3O/c1-9-16(17-13(21)7-11(26-3)8-14(17)22)18(25(2)24-9)23-15-5-4-10(19)6-12(15)20/h4-8,23H,1-3H3. The third kappa shape index (κ3) is 3.10. The van der Waals surface area contributed by atoms with Crippen molar-refractivity contribution in [1.29, 1.82) is 0 Å². The fraction of sp³-hybridized carbons (Fsp3) is 0.167. The average Bonchev–Trinajstić information content (AvgIpc) is 2.83. The molecule has 4 nitrogen and oxygen atoms in total. The summed E-state index contributed by atoms with van der Waals surface area (Å²) in [6.07, 6.45) is 0. The van der Waals surface area contributed by atoms with Crippen LogP contribution in [0.2, 0.25) is 0 Å². The Balaban J connectivity index is 2.16. The van der Waals surface area contributed by atoms with Gasteiger partial charge in [0.1, 0.15) is 34.8 Å². The molecule has 0 fully saturated rings. The van der Waals surface area contributed by atoms with Gasteiger partial charge in [0.25, 0.3) is 0 Å². The summed E-state index contributed by atoms with van der Waals surface area (Å²) in [7, 11) is 2.84. The number of methoxy groups -OCH3 is 1. The van der Waals surface area contributed by atoms with Crippen LogP contribution in [-0.4, -0.2) is 16.9 Å². The van der Waals surface area contributed by atoms with Crippen molar-refractivity contribution in [2.45, 2.75) is 6.92 Å². The number of nitrogens with one attached hydrogen (secondary N) is 1. The number of aromatic nitrogens is 2. The monoisotopic (exact) mass is 365 g/mol. The number of aryl methyl sites for hydroxylation is 2. The van der Waals surface area contributed by atoms with E-state index in [0.717, 1.165) is 18.2 Å². The maximum absolute atomic E-state index is 14.5. The number of halogens is 4. The van der Waals surface area contributed by atoms with E-state index in [4.69, 9.17) is 4.74 Å². The van der Waals surface area contributed by atoms with Crippen LogP contribution in [0.15, 0.2) is 30.3 Å². The van der Waals surface area contributed by atoms with E-state index in [-0.39, 0.29) is 28.4 Å². The van der Waals surface area contributed by atoms with E-state index in [1.807, 2.05) is 0 Å². The van der Waals surface area contributed by atoms with E-state index in [1.54, 1.807) is 14.0 Å². The summed E-state index contributed by atoms with van der Waals surface area (Å²) in [5, 5.41) is 6.88. The summed E-state index contributed by atoms with van der Waals surface area (Å²) >= 11 is 0. The van der Waals surface area contributed by atoms with Gasteiger partial charge in [-0.25, -0.2) is 17.6 Å². The molecule has 0 bridgehead atoms. The molecule has 26 heavy (non-hydrogen) atoms. The SMILES string of the molecule is COc1cc(F)c(-c2c(C)nn(C)c2Nc2ccc(F)cc2F)c(F)c1. The first-order valence-electron chi connectivity index (χ1n) is 7.61. The summed E-state index contributed by atoms with van der Waals surface area (Å²) in [5.74, 6) is -3.08. The van der Waals surface area contributed by atoms with Gasteiger partial charge in [-0.05, 0) is 19.1 Å². The summed E-state index contributed by atoms with van der Waals surface area (Å²) in [6, 6.07) is 5.07. The number of ether oxygens (including phenoxy) is 1. The molecule has 1 N–H and O–H groups in total. The molecule has 0 aliphatic rings. The van der Waals surface area contributed by atoms with Crippen LogP contribution in [0.4, 0.5) is 29.1 Å². The molecule has 2 aromatic carbocycles. The average molecular weight is 365 g/mol. The minimum Gasteiger partial charge on any atom is -0.497 e. The van der Waals surface area contributed by atoms with Gasteiger partial charge in [0.05, 0.1) is 29.6 Å². The topological polar surface area (TPSA) is 39.1 Å². The fourth-order valence-corrected chi connectivity index (χ4v) is 2.73. The first-order chi connectivity index (χ1) is 12.3. The lowest BCUT2D eigenvalue weighted by atomic mass is 10.0. The van der Waals surface area contributed by atoms with Crippen molar-refractivity contribution >= 4 is 11.5 Å². The van der Waals surface area contributed by atoms with Crippen LogP contribution in [-0.2, 0) is 7.05 Å². The zero-order valence-electron chi connectivity index (χ0n) is 14.2. The second-order valence-corrected chi connectivity index (χ2v) is 5.65. The first-order valence-corrected chi connectivity index (χ1v) is 7.61. The summed E-state index contributed by atoms with van der Waals surface area (Å²) in [4.78, 5) is 0. The Morgan fingerprint density at radius 1 is 0.962 bits per heavy atom. The van der Waals surface area contributed by atoms with Crippen LogP contribution >= 0.6 is 0 Å². The molecule has 0 saturated carbocycles. The van der Waals surface area contributed by atoms with Crippen LogP contribution < -0.4 is 10.1 Å². The van der Waals surface area contributed by atoms with Gasteiger partial charge < -0.3 is 10.1 Å². The minimum atomic E-state index is -0.847. The van der Waals surface area contributed by atoms with E-state index in [2.05, 4.69) is 10.4 Å². The molecular formula is C18H15F4N3O. The Morgan fingerprint density at radius 3 is 2.19 bits per heavy atom. The molecule has 0 saturated heterocycles. The lowest BCUT2D eigenvalue weighted by molar-refractivity contribution is 0.407. The Labute approximate surface area is 147 Å². The van der Waals surface area contributed by atoms with Crippen molar-refractivity contribution in [1.82, 2.24) is 9.78 Å². The molecule has 1 aromatic heterocycles. The van der Waals surface area contributed by atoms with E-state index in [1.165, 1.54) is 17.9 Å². The number of benzene rings is 2. The number of anilines is 2. The lowest BCUT2D eigenvalue weighted by Crippen LogP contribution is -2.03. The normalized spacial score (nSPS) is 10.9. The zero-order valence-corrected chi connectivity index (χ0v) is 14.2. The Kier molecular flexibility index (Phi) is 4.58. The molecule has 0 unspecified atom stereocenters. The number of nitrogens with zero attached hydrogens (tertiary/aromatic N) is 2. The second-order valence-electron chi connectivity index (χ2n) is 5.65. The van der Waals surface area contributed by atoms with Crippen LogP contribution in [0.25, 0.3) is 11.1 Å². The van der Waals surface area contributed by atoms with Gasteiger partial charge in [-0.1, -0.05) is 0 Å². The third-order valence-corrected chi connectivity index (χ3v) is 3.91. The van der Waals surface area contributed by atoms with E-state index in [0.29, 0.717) is 11.8 Å². The van der Waals surface area contributed by atoms with E-state index in [9.17, 15) is 17.6 Å². The lowest BCUT2D eigenvalue weighted by Gasteiger charge is -2.13. The van der Waals surface area contributed by atoms with Crippen molar-refractivity contribution in [3.8, 4) is 16.9 Å². The van der Waals surface area contributed by atoms with Gasteiger partial charge >= 0.3 is 0 Å². The predicted molar refractivity (Wildman–Crippen MR) is 89.5 cm³/mol. The molecule has 0 atom stereocenters. The molecule has 0 aliphatic carbocycles. The fourth-order valence-electron chi connectivity index (χ4n) is 2.73. The quantitative estimate of drug-likeness (QED) is 0.681. The maximum Gasteiger partial charge on any atom is 0.149 e. The first kappa shape index (κ1) is 17.8. The van der Waals surface area contributed by atoms with Crippen molar-refractivity contribution < 1.29 is 22.3 Å². The van der Waals surface area contributed by atoms with E-state index < -0.39 is 23.3 Å². The number of hydrogen-bond acceptors (Lipinski definition) is 3. The summed E-state index contributed by atoms with van der Waals surface area (Å²) in [6.45, 7) is 1.57. The molecule has 3 aromatic rings. The highest BCUT2D eigenvalue weighted by Crippen LogP contribution is 2.38. The summed E-state index contributed by atoms with van der Waals surface area (Å²) < 4.78 is 62.3. The van der Waals surface area contributed by atoms with Gasteiger partial charge in [0, 0.05) is 25.2 Å². The molecule has 0 spiro atoms. The van der Waals surface area contributed by atoms with Gasteiger partial charge in [0.15, 0.2) is 0 Å². The molecule has 1 heterocycles. The largest absolute Gasteiger partial charge is 0.497 e. The molecule has 8 heteroatoms. The van der Waals surface area contributed by atoms with E-state index >= 15 is 0 Å². The third-order valence-electron chi connectivity index (χ3n) is 3.91. The highest BCUT2D eigenvalue weighted by atomic mass is 19.1. The van der Waals surface area contributed by atoms with Gasteiger partial charge in [-0.15, -0.1) is 0 Å². The van der Waals surface area contributed by atoms with Crippen LogP contribution in [0, 0.1) is 30.2 Å². The highest BCUT2D eigenvalue weighted by molar-refractivity contribution is 5.81. The Bertz CT molecular complexity index is 962. The highest BCUT2D eigenvalue weighted by Gasteiger charge is 2.23. The van der Waals surface area contributed by atoms with Crippen molar-refractivity contribution in [2.75, 3.05) is 12.4 Å². The minimum absolute atomic E-state index is 0.0318. The number of hydrogen-bond donors (Lipinski definition) is 1. The maximum atomic E-state index is 14.5. The smallest absolute Gasteiger partial charge is 0.149 e. The van der Waals surface area contributed by atoms with Gasteiger partial charge in [-0.2, -0.15) is 5.10 Å². The van der Waals surface area contributed by atoms with Crippen molar-refractivity contribution in [3.05, 3.63) is 59.3 Å². The van der Waals surface area contributed by atoms with Gasteiger partial charge in [0.2, 0.25) is 0 Å². The second kappa shape index (κ2) is 6.70. The molecule has 0 aliphatic heterocycles. The summed E-state index contributed by atoms with van der Waals surface area (Å²) in [5.41, 5.74) is 0.0979. The molecule has 136 valence electrons. The zero-order chi connectivity index (χ0) is 19.0.